The summed E-state index contributed by atoms with van der Waals surface area (Å²) in [6.07, 6.45) is 1.09. The Labute approximate surface area is 131 Å². The van der Waals surface area contributed by atoms with E-state index in [1.54, 1.807) is 27.7 Å². The molecule has 0 spiro atoms. The molecule has 6 heteroatoms. The van der Waals surface area contributed by atoms with Crippen LogP contribution in [-0.4, -0.2) is 36.6 Å². The number of nitrogens with one attached hydrogen (secondary N) is 1. The van der Waals surface area contributed by atoms with Crippen molar-refractivity contribution in [3.8, 4) is 0 Å². The highest BCUT2D eigenvalue weighted by molar-refractivity contribution is 5.88. The molecule has 0 bridgehead atoms. The van der Waals surface area contributed by atoms with Crippen molar-refractivity contribution in [2.24, 2.45) is 5.41 Å². The van der Waals surface area contributed by atoms with Crippen molar-refractivity contribution in [3.05, 3.63) is 24.8 Å². The molecule has 0 saturated heterocycles. The molecule has 0 aromatic heterocycles. The molecule has 0 fully saturated rings. The Hall–Kier alpha value is -2.11. The van der Waals surface area contributed by atoms with Crippen LogP contribution >= 0.6 is 0 Å². The highest BCUT2D eigenvalue weighted by Crippen LogP contribution is 2.17. The molecule has 0 aliphatic heterocycles. The van der Waals surface area contributed by atoms with E-state index in [0.717, 1.165) is 6.08 Å². The molecule has 124 valence electrons. The van der Waals surface area contributed by atoms with Gasteiger partial charge in [0.15, 0.2) is 0 Å². The first kappa shape index (κ1) is 19.9. The molecule has 0 heterocycles. The number of carbonyl (C=O) groups is 3. The maximum Gasteiger partial charge on any atom is 0.333 e. The Morgan fingerprint density at radius 1 is 1.09 bits per heavy atom. The molecule has 0 aromatic rings. The molecular formula is C16H25NO5. The van der Waals surface area contributed by atoms with Crippen molar-refractivity contribution < 1.29 is 23.9 Å². The Balaban J connectivity index is 4.90. The molecule has 22 heavy (non-hydrogen) atoms. The molecule has 1 amide bonds. The van der Waals surface area contributed by atoms with Gasteiger partial charge in [0, 0.05) is 5.57 Å². The Bertz CT molecular complexity index is 475. The van der Waals surface area contributed by atoms with E-state index < -0.39 is 28.8 Å². The molecule has 1 atom stereocenters. The monoisotopic (exact) mass is 311 g/mol. The average molecular weight is 311 g/mol. The summed E-state index contributed by atoms with van der Waals surface area (Å²) in [4.78, 5) is 34.8. The Kier molecular flexibility index (Phi) is 7.03. The van der Waals surface area contributed by atoms with Crippen LogP contribution in [0.2, 0.25) is 0 Å². The summed E-state index contributed by atoms with van der Waals surface area (Å²) in [5, 5.41) is 2.60. The summed E-state index contributed by atoms with van der Waals surface area (Å²) in [6.45, 7) is 14.8. The lowest BCUT2D eigenvalue weighted by Crippen LogP contribution is -2.53. The fourth-order valence-electron chi connectivity index (χ4n) is 1.25. The van der Waals surface area contributed by atoms with E-state index in [9.17, 15) is 14.4 Å². The second-order valence-corrected chi connectivity index (χ2v) is 6.44. The van der Waals surface area contributed by atoms with Crippen LogP contribution in [0, 0.1) is 5.41 Å². The van der Waals surface area contributed by atoms with Crippen LogP contribution in [0.25, 0.3) is 0 Å². The summed E-state index contributed by atoms with van der Waals surface area (Å²) >= 11 is 0. The lowest BCUT2D eigenvalue weighted by atomic mass is 9.97. The molecular weight excluding hydrogens is 286 g/mol. The molecule has 0 rings (SSSR count). The lowest BCUT2D eigenvalue weighted by molar-refractivity contribution is -0.157. The normalized spacial score (nSPS) is 13.5. The van der Waals surface area contributed by atoms with Gasteiger partial charge in [-0.25, -0.2) is 4.79 Å². The SMILES string of the molecule is C=CC(=O)NC(C)(COC(=O)C(=C)C)COC(=O)C(C)(C)C. The Morgan fingerprint density at radius 3 is 2.00 bits per heavy atom. The molecule has 0 saturated carbocycles. The van der Waals surface area contributed by atoms with Crippen molar-refractivity contribution >= 4 is 17.8 Å². The minimum atomic E-state index is -1.06. The third-order valence-electron chi connectivity index (χ3n) is 2.61. The zero-order chi connectivity index (χ0) is 17.6. The Morgan fingerprint density at radius 2 is 1.59 bits per heavy atom. The number of carbonyl (C=O) groups excluding carboxylic acids is 3. The maximum absolute atomic E-state index is 11.8. The minimum Gasteiger partial charge on any atom is -0.463 e. The number of ether oxygens (including phenoxy) is 2. The van der Waals surface area contributed by atoms with Gasteiger partial charge in [-0.15, -0.1) is 0 Å². The zero-order valence-electron chi connectivity index (χ0n) is 13.9. The van der Waals surface area contributed by atoms with Crippen molar-refractivity contribution in [2.75, 3.05) is 13.2 Å². The standard InChI is InChI=1S/C16H25NO5/c1-8-12(18)17-16(7,9-21-13(19)11(2)3)10-22-14(20)15(4,5)6/h8H,1-2,9-10H2,3-7H3,(H,17,18). The molecule has 1 unspecified atom stereocenters. The van der Waals surface area contributed by atoms with E-state index in [-0.39, 0.29) is 18.8 Å². The first-order chi connectivity index (χ1) is 9.91. The summed E-state index contributed by atoms with van der Waals surface area (Å²) < 4.78 is 10.3. The predicted octanol–water partition coefficient (Wildman–Crippen LogP) is 1.76. The summed E-state index contributed by atoms with van der Waals surface area (Å²) in [6, 6.07) is 0. The van der Waals surface area contributed by atoms with Gasteiger partial charge < -0.3 is 14.8 Å². The van der Waals surface area contributed by atoms with Gasteiger partial charge in [0.05, 0.1) is 5.41 Å². The fourth-order valence-corrected chi connectivity index (χ4v) is 1.25. The van der Waals surface area contributed by atoms with Crippen LogP contribution in [0.1, 0.15) is 34.6 Å². The number of hydrogen-bond acceptors (Lipinski definition) is 5. The molecule has 0 aliphatic carbocycles. The summed E-state index contributed by atoms with van der Waals surface area (Å²) in [5.74, 6) is -1.46. The summed E-state index contributed by atoms with van der Waals surface area (Å²) in [7, 11) is 0. The fraction of sp³-hybridized carbons (Fsp3) is 0.562. The third-order valence-corrected chi connectivity index (χ3v) is 2.61. The van der Waals surface area contributed by atoms with Crippen LogP contribution in [0.4, 0.5) is 0 Å². The largest absolute Gasteiger partial charge is 0.463 e. The highest BCUT2D eigenvalue weighted by Gasteiger charge is 2.32. The van der Waals surface area contributed by atoms with E-state index in [4.69, 9.17) is 9.47 Å². The van der Waals surface area contributed by atoms with Crippen molar-refractivity contribution in [2.45, 2.75) is 40.2 Å². The molecule has 1 N–H and O–H groups in total. The van der Waals surface area contributed by atoms with E-state index in [1.165, 1.54) is 6.92 Å². The van der Waals surface area contributed by atoms with E-state index in [2.05, 4.69) is 18.5 Å². The van der Waals surface area contributed by atoms with Gasteiger partial charge in [-0.05, 0) is 40.7 Å². The van der Waals surface area contributed by atoms with Crippen LogP contribution < -0.4 is 5.32 Å². The minimum absolute atomic E-state index is 0.133. The van der Waals surface area contributed by atoms with Crippen LogP contribution in [0.15, 0.2) is 24.8 Å². The number of rotatable bonds is 7. The van der Waals surface area contributed by atoms with Gasteiger partial charge in [-0.3, -0.25) is 9.59 Å². The van der Waals surface area contributed by atoms with Gasteiger partial charge in [0.1, 0.15) is 18.8 Å². The number of hydrogen-bond donors (Lipinski definition) is 1. The molecule has 6 nitrogen and oxygen atoms in total. The van der Waals surface area contributed by atoms with Crippen molar-refractivity contribution in [3.63, 3.8) is 0 Å². The maximum atomic E-state index is 11.8. The van der Waals surface area contributed by atoms with Gasteiger partial charge in [0.2, 0.25) is 5.91 Å². The van der Waals surface area contributed by atoms with Crippen molar-refractivity contribution in [1.29, 1.82) is 0 Å². The second kappa shape index (κ2) is 7.77. The zero-order valence-corrected chi connectivity index (χ0v) is 13.9. The molecule has 0 radical (unpaired) electrons. The van der Waals surface area contributed by atoms with Gasteiger partial charge >= 0.3 is 11.9 Å². The van der Waals surface area contributed by atoms with E-state index >= 15 is 0 Å². The first-order valence-electron chi connectivity index (χ1n) is 6.86. The van der Waals surface area contributed by atoms with Crippen LogP contribution in [0.3, 0.4) is 0 Å². The molecule has 0 aliphatic rings. The topological polar surface area (TPSA) is 81.7 Å². The van der Waals surface area contributed by atoms with Crippen LogP contribution in [0.5, 0.6) is 0 Å². The number of amides is 1. The van der Waals surface area contributed by atoms with E-state index in [1.807, 2.05) is 0 Å². The van der Waals surface area contributed by atoms with Crippen LogP contribution in [-0.2, 0) is 23.9 Å². The van der Waals surface area contributed by atoms with E-state index in [0.29, 0.717) is 0 Å². The third kappa shape index (κ3) is 7.06. The second-order valence-electron chi connectivity index (χ2n) is 6.44. The average Bonchev–Trinajstić information content (AvgIpc) is 2.40. The molecule has 0 aromatic carbocycles. The number of esters is 2. The summed E-state index contributed by atoms with van der Waals surface area (Å²) in [5.41, 5.74) is -1.49. The van der Waals surface area contributed by atoms with Gasteiger partial charge in [0.25, 0.3) is 0 Å². The van der Waals surface area contributed by atoms with Gasteiger partial charge in [-0.2, -0.15) is 0 Å². The highest BCUT2D eigenvalue weighted by atomic mass is 16.5. The quantitative estimate of drug-likeness (QED) is 0.572. The first-order valence-corrected chi connectivity index (χ1v) is 6.86. The smallest absolute Gasteiger partial charge is 0.333 e. The van der Waals surface area contributed by atoms with Gasteiger partial charge in [-0.1, -0.05) is 13.2 Å². The lowest BCUT2D eigenvalue weighted by Gasteiger charge is -2.30. The predicted molar refractivity (Wildman–Crippen MR) is 82.9 cm³/mol. The van der Waals surface area contributed by atoms with Crippen molar-refractivity contribution in [1.82, 2.24) is 5.32 Å².